The van der Waals surface area contributed by atoms with Crippen LogP contribution in [0.2, 0.25) is 0 Å². The number of hydrogen-bond acceptors (Lipinski definition) is 4. The van der Waals surface area contributed by atoms with Gasteiger partial charge in [-0.25, -0.2) is 0 Å². The third-order valence-corrected chi connectivity index (χ3v) is 4.21. The van der Waals surface area contributed by atoms with Crippen LogP contribution in [-0.4, -0.2) is 68.1 Å². The van der Waals surface area contributed by atoms with E-state index in [1.807, 2.05) is 29.2 Å². The molecule has 1 aromatic rings. The summed E-state index contributed by atoms with van der Waals surface area (Å²) in [5.74, 6) is 0.905. The Morgan fingerprint density at radius 3 is 2.30 bits per heavy atom. The van der Waals surface area contributed by atoms with E-state index < -0.39 is 0 Å². The van der Waals surface area contributed by atoms with E-state index >= 15 is 0 Å². The summed E-state index contributed by atoms with van der Waals surface area (Å²) in [6.07, 6.45) is 0. The third kappa shape index (κ3) is 2.64. The van der Waals surface area contributed by atoms with Crippen molar-refractivity contribution in [2.24, 2.45) is 0 Å². The average molecular weight is 275 g/mol. The van der Waals surface area contributed by atoms with Crippen molar-refractivity contribution in [3.8, 4) is 5.75 Å². The van der Waals surface area contributed by atoms with Crippen molar-refractivity contribution in [2.45, 2.75) is 6.04 Å². The predicted molar refractivity (Wildman–Crippen MR) is 77.1 cm³/mol. The molecule has 0 bridgehead atoms. The zero-order chi connectivity index (χ0) is 13.9. The molecule has 20 heavy (non-hydrogen) atoms. The number of rotatable bonds is 3. The Balaban J connectivity index is 1.57. The number of ether oxygens (including phenoxy) is 1. The van der Waals surface area contributed by atoms with Crippen LogP contribution < -0.4 is 10.1 Å². The summed E-state index contributed by atoms with van der Waals surface area (Å²) in [5.41, 5.74) is 0.740. The molecule has 2 aliphatic heterocycles. The van der Waals surface area contributed by atoms with E-state index in [0.717, 1.165) is 50.6 Å². The number of carbonyl (C=O) groups is 1. The molecule has 5 heteroatoms. The molecule has 0 radical (unpaired) electrons. The number of benzene rings is 1. The second-order valence-electron chi connectivity index (χ2n) is 5.37. The molecule has 2 saturated heterocycles. The molecule has 3 rings (SSSR count). The van der Waals surface area contributed by atoms with Crippen molar-refractivity contribution in [3.63, 3.8) is 0 Å². The van der Waals surface area contributed by atoms with E-state index in [0.29, 0.717) is 6.04 Å². The summed E-state index contributed by atoms with van der Waals surface area (Å²) in [5, 5.41) is 3.30. The van der Waals surface area contributed by atoms with Gasteiger partial charge in [0.25, 0.3) is 5.91 Å². The summed E-state index contributed by atoms with van der Waals surface area (Å²) in [6, 6.07) is 8.02. The Hall–Kier alpha value is -1.59. The number of piperazine rings is 1. The third-order valence-electron chi connectivity index (χ3n) is 4.21. The fourth-order valence-corrected chi connectivity index (χ4v) is 2.74. The molecule has 0 spiro atoms. The summed E-state index contributed by atoms with van der Waals surface area (Å²) in [4.78, 5) is 16.8. The Kier molecular flexibility index (Phi) is 3.89. The Morgan fingerprint density at radius 2 is 1.80 bits per heavy atom. The predicted octanol–water partition coefficient (Wildman–Crippen LogP) is 0.425. The van der Waals surface area contributed by atoms with Gasteiger partial charge < -0.3 is 15.0 Å². The van der Waals surface area contributed by atoms with Crippen LogP contribution in [0.4, 0.5) is 0 Å². The topological polar surface area (TPSA) is 44.8 Å². The second-order valence-corrected chi connectivity index (χ2v) is 5.37. The fourth-order valence-electron chi connectivity index (χ4n) is 2.74. The first kappa shape index (κ1) is 13.4. The standard InChI is InChI=1S/C15H21N3O2/c1-20-14-4-2-12(3-5-14)15(19)18-8-6-17(7-9-18)13-10-16-11-13/h2-5,13,16H,6-11H2,1H3. The van der Waals surface area contributed by atoms with Crippen LogP contribution in [-0.2, 0) is 0 Å². The number of nitrogens with one attached hydrogen (secondary N) is 1. The van der Waals surface area contributed by atoms with E-state index in [9.17, 15) is 4.79 Å². The summed E-state index contributed by atoms with van der Waals surface area (Å²) >= 11 is 0. The van der Waals surface area contributed by atoms with Crippen LogP contribution in [0.1, 0.15) is 10.4 Å². The first-order valence-corrected chi connectivity index (χ1v) is 7.16. The van der Waals surface area contributed by atoms with Gasteiger partial charge in [-0.3, -0.25) is 9.69 Å². The van der Waals surface area contributed by atoms with Gasteiger partial charge in [-0.1, -0.05) is 0 Å². The maximum absolute atomic E-state index is 12.4. The molecule has 2 heterocycles. The Bertz CT molecular complexity index is 463. The molecular weight excluding hydrogens is 254 g/mol. The highest BCUT2D eigenvalue weighted by Gasteiger charge is 2.29. The quantitative estimate of drug-likeness (QED) is 0.868. The first-order valence-electron chi connectivity index (χ1n) is 7.16. The zero-order valence-electron chi connectivity index (χ0n) is 11.8. The molecule has 5 nitrogen and oxygen atoms in total. The van der Waals surface area contributed by atoms with Crippen LogP contribution in [0.25, 0.3) is 0 Å². The van der Waals surface area contributed by atoms with Crippen molar-refractivity contribution in [2.75, 3.05) is 46.4 Å². The lowest BCUT2D eigenvalue weighted by molar-refractivity contribution is 0.0502. The minimum absolute atomic E-state index is 0.124. The average Bonchev–Trinajstić information content (AvgIpc) is 2.46. The number of methoxy groups -OCH3 is 1. The normalized spacial score (nSPS) is 20.6. The minimum Gasteiger partial charge on any atom is -0.497 e. The van der Waals surface area contributed by atoms with Crippen molar-refractivity contribution < 1.29 is 9.53 Å². The Morgan fingerprint density at radius 1 is 1.15 bits per heavy atom. The lowest BCUT2D eigenvalue weighted by Crippen LogP contribution is -2.62. The maximum Gasteiger partial charge on any atom is 0.253 e. The molecule has 0 atom stereocenters. The highest BCUT2D eigenvalue weighted by Crippen LogP contribution is 2.15. The van der Waals surface area contributed by atoms with Crippen molar-refractivity contribution in [3.05, 3.63) is 29.8 Å². The number of hydrogen-bond donors (Lipinski definition) is 1. The molecule has 108 valence electrons. The minimum atomic E-state index is 0.124. The number of nitrogens with zero attached hydrogens (tertiary/aromatic N) is 2. The zero-order valence-corrected chi connectivity index (χ0v) is 11.8. The van der Waals surface area contributed by atoms with E-state index in [1.165, 1.54) is 0 Å². The van der Waals surface area contributed by atoms with E-state index in [4.69, 9.17) is 4.74 Å². The SMILES string of the molecule is COc1ccc(C(=O)N2CCN(C3CNC3)CC2)cc1. The molecule has 1 aromatic carbocycles. The molecule has 1 amide bonds. The molecule has 0 unspecified atom stereocenters. The monoisotopic (exact) mass is 275 g/mol. The van der Waals surface area contributed by atoms with E-state index in [1.54, 1.807) is 7.11 Å². The van der Waals surface area contributed by atoms with Gasteiger partial charge >= 0.3 is 0 Å². The second kappa shape index (κ2) is 5.81. The smallest absolute Gasteiger partial charge is 0.253 e. The van der Waals surface area contributed by atoms with Crippen LogP contribution in [0.5, 0.6) is 5.75 Å². The number of carbonyl (C=O) groups excluding carboxylic acids is 1. The lowest BCUT2D eigenvalue weighted by atomic mass is 10.1. The van der Waals surface area contributed by atoms with Crippen molar-refractivity contribution in [1.82, 2.24) is 15.1 Å². The van der Waals surface area contributed by atoms with Crippen LogP contribution in [0, 0.1) is 0 Å². The highest BCUT2D eigenvalue weighted by molar-refractivity contribution is 5.94. The summed E-state index contributed by atoms with van der Waals surface area (Å²) < 4.78 is 5.12. The van der Waals surface area contributed by atoms with Crippen LogP contribution in [0.15, 0.2) is 24.3 Å². The van der Waals surface area contributed by atoms with Gasteiger partial charge in [-0.05, 0) is 24.3 Å². The first-order chi connectivity index (χ1) is 9.78. The molecule has 1 N–H and O–H groups in total. The Labute approximate surface area is 119 Å². The molecular formula is C15H21N3O2. The fraction of sp³-hybridized carbons (Fsp3) is 0.533. The van der Waals surface area contributed by atoms with Crippen LogP contribution in [0.3, 0.4) is 0 Å². The molecule has 0 aliphatic carbocycles. The van der Waals surface area contributed by atoms with Gasteiger partial charge in [0, 0.05) is 50.9 Å². The van der Waals surface area contributed by atoms with Crippen molar-refractivity contribution in [1.29, 1.82) is 0 Å². The van der Waals surface area contributed by atoms with Gasteiger partial charge in [0.05, 0.1) is 7.11 Å². The van der Waals surface area contributed by atoms with E-state index in [-0.39, 0.29) is 5.91 Å². The number of amides is 1. The van der Waals surface area contributed by atoms with Crippen LogP contribution >= 0.6 is 0 Å². The van der Waals surface area contributed by atoms with Gasteiger partial charge in [0.2, 0.25) is 0 Å². The largest absolute Gasteiger partial charge is 0.497 e. The molecule has 2 aliphatic rings. The lowest BCUT2D eigenvalue weighted by Gasteiger charge is -2.43. The van der Waals surface area contributed by atoms with Gasteiger partial charge in [0.1, 0.15) is 5.75 Å². The highest BCUT2D eigenvalue weighted by atomic mass is 16.5. The summed E-state index contributed by atoms with van der Waals surface area (Å²) in [7, 11) is 1.63. The molecule has 0 aromatic heterocycles. The molecule has 2 fully saturated rings. The summed E-state index contributed by atoms with van der Waals surface area (Å²) in [6.45, 7) is 5.78. The van der Waals surface area contributed by atoms with Gasteiger partial charge in [-0.2, -0.15) is 0 Å². The maximum atomic E-state index is 12.4. The van der Waals surface area contributed by atoms with Gasteiger partial charge in [0.15, 0.2) is 0 Å². The van der Waals surface area contributed by atoms with Crippen molar-refractivity contribution >= 4 is 5.91 Å². The van der Waals surface area contributed by atoms with Gasteiger partial charge in [-0.15, -0.1) is 0 Å². The molecule has 0 saturated carbocycles. The van der Waals surface area contributed by atoms with E-state index in [2.05, 4.69) is 10.2 Å².